The second kappa shape index (κ2) is 7.20. The molecule has 1 N–H and O–H groups in total. The lowest BCUT2D eigenvalue weighted by Crippen LogP contribution is -2.47. The molecule has 120 valence electrons. The van der Waals surface area contributed by atoms with E-state index in [1.165, 1.54) is 6.92 Å². The average molecular weight is 304 g/mol. The van der Waals surface area contributed by atoms with E-state index in [9.17, 15) is 14.4 Å². The maximum atomic E-state index is 12.4. The molecule has 0 saturated heterocycles. The fourth-order valence-electron chi connectivity index (χ4n) is 2.08. The van der Waals surface area contributed by atoms with Gasteiger partial charge in [-0.3, -0.25) is 14.4 Å². The Morgan fingerprint density at radius 1 is 1.05 bits per heavy atom. The molecule has 0 aliphatic rings. The van der Waals surface area contributed by atoms with Gasteiger partial charge in [-0.1, -0.05) is 0 Å². The van der Waals surface area contributed by atoms with Gasteiger partial charge >= 0.3 is 0 Å². The van der Waals surface area contributed by atoms with Crippen molar-refractivity contribution in [3.05, 3.63) is 29.8 Å². The number of amides is 2. The topological polar surface area (TPSA) is 66.5 Å². The summed E-state index contributed by atoms with van der Waals surface area (Å²) >= 11 is 0. The van der Waals surface area contributed by atoms with Crippen molar-refractivity contribution >= 4 is 23.3 Å². The lowest BCUT2D eigenvalue weighted by molar-refractivity contribution is -0.146. The second-order valence-corrected chi connectivity index (χ2v) is 5.69. The molecule has 1 aromatic carbocycles. The summed E-state index contributed by atoms with van der Waals surface area (Å²) in [6.45, 7) is 9.63. The van der Waals surface area contributed by atoms with Gasteiger partial charge in [0.2, 0.25) is 11.8 Å². The Bertz CT molecular complexity index is 558. The third kappa shape index (κ3) is 3.93. The predicted octanol–water partition coefficient (Wildman–Crippen LogP) is 2.72. The quantitative estimate of drug-likeness (QED) is 0.649. The Morgan fingerprint density at radius 2 is 1.55 bits per heavy atom. The fourth-order valence-corrected chi connectivity index (χ4v) is 2.08. The van der Waals surface area contributed by atoms with Gasteiger partial charge < -0.3 is 10.2 Å². The SMILES string of the molecule is CCN(CC)C(=O)C(C)(C)C(=O)Nc1ccc(C(C)=O)cc1. The van der Waals surface area contributed by atoms with E-state index in [-0.39, 0.29) is 17.6 Å². The number of hydrogen-bond acceptors (Lipinski definition) is 3. The number of Topliss-reactive ketones (excluding diaryl/α,β-unsaturated/α-hetero) is 1. The molecule has 0 spiro atoms. The van der Waals surface area contributed by atoms with Gasteiger partial charge in [-0.15, -0.1) is 0 Å². The van der Waals surface area contributed by atoms with Gasteiger partial charge in [-0.05, 0) is 58.9 Å². The molecule has 2 amide bonds. The number of nitrogens with one attached hydrogen (secondary N) is 1. The van der Waals surface area contributed by atoms with E-state index in [4.69, 9.17) is 0 Å². The van der Waals surface area contributed by atoms with E-state index in [2.05, 4.69) is 5.32 Å². The van der Waals surface area contributed by atoms with Gasteiger partial charge in [-0.25, -0.2) is 0 Å². The first-order valence-corrected chi connectivity index (χ1v) is 7.45. The van der Waals surface area contributed by atoms with E-state index in [1.807, 2.05) is 13.8 Å². The lowest BCUT2D eigenvalue weighted by atomic mass is 9.90. The molecule has 5 nitrogen and oxygen atoms in total. The zero-order chi connectivity index (χ0) is 16.9. The molecular formula is C17H24N2O3. The summed E-state index contributed by atoms with van der Waals surface area (Å²) in [5.41, 5.74) is -0.00228. The standard InChI is InChI=1S/C17H24N2O3/c1-6-19(7-2)16(22)17(4,5)15(21)18-14-10-8-13(9-11-14)12(3)20/h8-11H,6-7H2,1-5H3,(H,18,21). The van der Waals surface area contributed by atoms with Crippen LogP contribution in [0.15, 0.2) is 24.3 Å². The molecule has 0 heterocycles. The summed E-state index contributed by atoms with van der Waals surface area (Å²) in [4.78, 5) is 37.7. The molecule has 0 unspecified atom stereocenters. The van der Waals surface area contributed by atoms with Crippen molar-refractivity contribution in [3.8, 4) is 0 Å². The van der Waals surface area contributed by atoms with E-state index in [0.29, 0.717) is 24.3 Å². The maximum absolute atomic E-state index is 12.4. The molecule has 0 bridgehead atoms. The van der Waals surface area contributed by atoms with E-state index in [1.54, 1.807) is 43.0 Å². The second-order valence-electron chi connectivity index (χ2n) is 5.69. The largest absolute Gasteiger partial charge is 0.342 e. The Balaban J connectivity index is 2.86. The first kappa shape index (κ1) is 17.9. The number of hydrogen-bond donors (Lipinski definition) is 1. The van der Waals surface area contributed by atoms with Gasteiger partial charge in [0.1, 0.15) is 5.41 Å². The molecule has 0 atom stereocenters. The molecule has 0 radical (unpaired) electrons. The summed E-state index contributed by atoms with van der Waals surface area (Å²) in [5.74, 6) is -0.592. The van der Waals surface area contributed by atoms with E-state index < -0.39 is 5.41 Å². The van der Waals surface area contributed by atoms with Crippen molar-refractivity contribution in [2.24, 2.45) is 5.41 Å². The molecule has 0 aromatic heterocycles. The monoisotopic (exact) mass is 304 g/mol. The number of ketones is 1. The van der Waals surface area contributed by atoms with Gasteiger partial charge in [0, 0.05) is 24.3 Å². The number of rotatable bonds is 6. The Hall–Kier alpha value is -2.17. The minimum atomic E-state index is -1.15. The van der Waals surface area contributed by atoms with Crippen LogP contribution in [0.2, 0.25) is 0 Å². The highest BCUT2D eigenvalue weighted by Crippen LogP contribution is 2.22. The van der Waals surface area contributed by atoms with Gasteiger partial charge in [-0.2, -0.15) is 0 Å². The highest BCUT2D eigenvalue weighted by atomic mass is 16.2. The number of anilines is 1. The van der Waals surface area contributed by atoms with Crippen molar-refractivity contribution in [1.29, 1.82) is 0 Å². The van der Waals surface area contributed by atoms with E-state index in [0.717, 1.165) is 0 Å². The Kier molecular flexibility index (Phi) is 5.85. The van der Waals surface area contributed by atoms with Crippen LogP contribution < -0.4 is 5.32 Å². The molecule has 0 aliphatic carbocycles. The van der Waals surface area contributed by atoms with Crippen LogP contribution in [0.4, 0.5) is 5.69 Å². The van der Waals surface area contributed by atoms with Crippen molar-refractivity contribution in [2.45, 2.75) is 34.6 Å². The van der Waals surface area contributed by atoms with E-state index >= 15 is 0 Å². The van der Waals surface area contributed by atoms with Crippen molar-refractivity contribution in [3.63, 3.8) is 0 Å². The summed E-state index contributed by atoms with van der Waals surface area (Å²) in [6.07, 6.45) is 0. The van der Waals surface area contributed by atoms with Crippen LogP contribution in [0.3, 0.4) is 0 Å². The summed E-state index contributed by atoms with van der Waals surface area (Å²) < 4.78 is 0. The molecule has 22 heavy (non-hydrogen) atoms. The molecular weight excluding hydrogens is 280 g/mol. The van der Waals surface area contributed by atoms with Crippen LogP contribution in [0.1, 0.15) is 45.0 Å². The Morgan fingerprint density at radius 3 is 1.95 bits per heavy atom. The molecule has 0 saturated carbocycles. The number of carbonyl (C=O) groups excluding carboxylic acids is 3. The van der Waals surface area contributed by atoms with Crippen LogP contribution in [0.25, 0.3) is 0 Å². The number of nitrogens with zero attached hydrogens (tertiary/aromatic N) is 1. The van der Waals surface area contributed by atoms with Gasteiger partial charge in [0.05, 0.1) is 0 Å². The summed E-state index contributed by atoms with van der Waals surface area (Å²) in [6, 6.07) is 6.62. The fraction of sp³-hybridized carbons (Fsp3) is 0.471. The van der Waals surface area contributed by atoms with Crippen LogP contribution >= 0.6 is 0 Å². The first-order chi connectivity index (χ1) is 10.2. The molecule has 1 aromatic rings. The van der Waals surface area contributed by atoms with Gasteiger partial charge in [0.25, 0.3) is 0 Å². The van der Waals surface area contributed by atoms with Crippen LogP contribution in [-0.2, 0) is 9.59 Å². The highest BCUT2D eigenvalue weighted by molar-refractivity contribution is 6.10. The predicted molar refractivity (Wildman–Crippen MR) is 86.8 cm³/mol. The molecule has 5 heteroatoms. The highest BCUT2D eigenvalue weighted by Gasteiger charge is 2.38. The minimum absolute atomic E-state index is 0.0325. The van der Waals surface area contributed by atoms with Crippen LogP contribution in [0, 0.1) is 5.41 Å². The van der Waals surface area contributed by atoms with Gasteiger partial charge in [0.15, 0.2) is 5.78 Å². The smallest absolute Gasteiger partial charge is 0.239 e. The van der Waals surface area contributed by atoms with Crippen LogP contribution in [-0.4, -0.2) is 35.6 Å². The Labute approximate surface area is 131 Å². The minimum Gasteiger partial charge on any atom is -0.342 e. The summed E-state index contributed by atoms with van der Waals surface area (Å²) in [7, 11) is 0. The number of benzene rings is 1. The van der Waals surface area contributed by atoms with Crippen molar-refractivity contribution in [1.82, 2.24) is 4.90 Å². The third-order valence-electron chi connectivity index (χ3n) is 3.70. The lowest BCUT2D eigenvalue weighted by Gasteiger charge is -2.29. The van der Waals surface area contributed by atoms with Crippen LogP contribution in [0.5, 0.6) is 0 Å². The normalized spacial score (nSPS) is 11.0. The average Bonchev–Trinajstić information content (AvgIpc) is 2.48. The third-order valence-corrected chi connectivity index (χ3v) is 3.70. The van der Waals surface area contributed by atoms with Crippen molar-refractivity contribution in [2.75, 3.05) is 18.4 Å². The molecule has 0 fully saturated rings. The maximum Gasteiger partial charge on any atom is 0.239 e. The molecule has 1 rings (SSSR count). The first-order valence-electron chi connectivity index (χ1n) is 7.45. The summed E-state index contributed by atoms with van der Waals surface area (Å²) in [5, 5.41) is 2.73. The van der Waals surface area contributed by atoms with Crippen molar-refractivity contribution < 1.29 is 14.4 Å². The zero-order valence-electron chi connectivity index (χ0n) is 13.9. The number of carbonyl (C=O) groups is 3. The zero-order valence-corrected chi connectivity index (χ0v) is 13.9. The molecule has 0 aliphatic heterocycles.